The molecule has 7 heteroatoms. The highest BCUT2D eigenvalue weighted by atomic mass is 35.5. The molecule has 21 heavy (non-hydrogen) atoms. The zero-order chi connectivity index (χ0) is 14.8. The smallest absolute Gasteiger partial charge is 0.242 e. The van der Waals surface area contributed by atoms with Crippen LogP contribution in [0.1, 0.15) is 11.6 Å². The SMILES string of the molecule is Cc1nc(NCc2ccc(-c3cc(Cl)cc(Cl)c3)o2)n[nH]1. The van der Waals surface area contributed by atoms with E-state index in [1.165, 1.54) is 0 Å². The lowest BCUT2D eigenvalue weighted by atomic mass is 10.2. The van der Waals surface area contributed by atoms with Crippen molar-refractivity contribution in [2.24, 2.45) is 0 Å². The first kappa shape index (κ1) is 14.0. The van der Waals surface area contributed by atoms with E-state index in [9.17, 15) is 0 Å². The number of furan rings is 1. The summed E-state index contributed by atoms with van der Waals surface area (Å²) in [6, 6.07) is 9.06. The number of benzene rings is 1. The van der Waals surface area contributed by atoms with E-state index in [-0.39, 0.29) is 0 Å². The largest absolute Gasteiger partial charge is 0.459 e. The van der Waals surface area contributed by atoms with E-state index in [2.05, 4.69) is 20.5 Å². The van der Waals surface area contributed by atoms with E-state index in [1.807, 2.05) is 31.2 Å². The van der Waals surface area contributed by atoms with Gasteiger partial charge in [0.05, 0.1) is 6.54 Å². The second-order valence-electron chi connectivity index (χ2n) is 4.52. The summed E-state index contributed by atoms with van der Waals surface area (Å²) in [7, 11) is 0. The summed E-state index contributed by atoms with van der Waals surface area (Å²) < 4.78 is 5.76. The van der Waals surface area contributed by atoms with Crippen LogP contribution in [-0.2, 0) is 6.54 Å². The molecule has 3 aromatic rings. The lowest BCUT2D eigenvalue weighted by molar-refractivity contribution is 0.531. The van der Waals surface area contributed by atoms with E-state index in [0.29, 0.717) is 28.3 Å². The van der Waals surface area contributed by atoms with E-state index >= 15 is 0 Å². The first-order valence-electron chi connectivity index (χ1n) is 6.28. The molecule has 2 heterocycles. The number of hydrogen-bond donors (Lipinski definition) is 2. The second kappa shape index (κ2) is 5.79. The number of H-pyrrole nitrogens is 1. The van der Waals surface area contributed by atoms with Gasteiger partial charge in [0.25, 0.3) is 0 Å². The minimum Gasteiger partial charge on any atom is -0.459 e. The minimum atomic E-state index is 0.492. The first-order chi connectivity index (χ1) is 10.1. The van der Waals surface area contributed by atoms with Crippen molar-refractivity contribution in [2.45, 2.75) is 13.5 Å². The van der Waals surface area contributed by atoms with Crippen LogP contribution in [0.2, 0.25) is 10.0 Å². The Bertz CT molecular complexity index is 746. The molecule has 2 N–H and O–H groups in total. The van der Waals surface area contributed by atoms with Gasteiger partial charge in [-0.25, -0.2) is 0 Å². The Morgan fingerprint density at radius 2 is 1.95 bits per heavy atom. The molecule has 1 aromatic carbocycles. The molecule has 2 aromatic heterocycles. The fourth-order valence-electron chi connectivity index (χ4n) is 1.91. The van der Waals surface area contributed by atoms with Gasteiger partial charge in [-0.3, -0.25) is 5.10 Å². The standard InChI is InChI=1S/C14H12Cl2N4O/c1-8-18-14(20-19-8)17-7-12-2-3-13(21-12)9-4-10(15)6-11(16)5-9/h2-6H,7H2,1H3,(H2,17,18,19,20). The third-order valence-corrected chi connectivity index (χ3v) is 3.26. The van der Waals surface area contributed by atoms with Gasteiger partial charge in [0.2, 0.25) is 5.95 Å². The Kier molecular flexibility index (Phi) is 3.86. The molecule has 0 unspecified atom stereocenters. The Morgan fingerprint density at radius 3 is 2.62 bits per heavy atom. The predicted octanol–water partition coefficient (Wildman–Crippen LogP) is 4.29. The van der Waals surface area contributed by atoms with Crippen LogP contribution in [0.25, 0.3) is 11.3 Å². The zero-order valence-electron chi connectivity index (χ0n) is 11.2. The average molecular weight is 323 g/mol. The number of aryl methyl sites for hydroxylation is 1. The molecule has 0 aliphatic heterocycles. The molecule has 5 nitrogen and oxygen atoms in total. The van der Waals surface area contributed by atoms with Crippen LogP contribution < -0.4 is 5.32 Å². The number of rotatable bonds is 4. The number of nitrogens with one attached hydrogen (secondary N) is 2. The summed E-state index contributed by atoms with van der Waals surface area (Å²) in [4.78, 5) is 4.16. The summed E-state index contributed by atoms with van der Waals surface area (Å²) in [6.07, 6.45) is 0. The van der Waals surface area contributed by atoms with E-state index in [1.54, 1.807) is 6.07 Å². The molecule has 0 aliphatic carbocycles. The molecule has 3 rings (SSSR count). The van der Waals surface area contributed by atoms with Gasteiger partial charge in [-0.2, -0.15) is 4.98 Å². The highest BCUT2D eigenvalue weighted by molar-refractivity contribution is 6.35. The van der Waals surface area contributed by atoms with Crippen LogP contribution in [0.15, 0.2) is 34.7 Å². The predicted molar refractivity (Wildman–Crippen MR) is 82.6 cm³/mol. The molecule has 0 radical (unpaired) electrons. The van der Waals surface area contributed by atoms with Crippen molar-refractivity contribution in [1.29, 1.82) is 0 Å². The zero-order valence-corrected chi connectivity index (χ0v) is 12.7. The van der Waals surface area contributed by atoms with Crippen LogP contribution in [0, 0.1) is 6.92 Å². The summed E-state index contributed by atoms with van der Waals surface area (Å²) >= 11 is 12.0. The molecule has 0 saturated heterocycles. The number of aromatic nitrogens is 3. The maximum Gasteiger partial charge on any atom is 0.242 e. The van der Waals surface area contributed by atoms with Crippen molar-refractivity contribution in [2.75, 3.05) is 5.32 Å². The van der Waals surface area contributed by atoms with Crippen LogP contribution >= 0.6 is 23.2 Å². The number of nitrogens with zero attached hydrogens (tertiary/aromatic N) is 2. The van der Waals surface area contributed by atoms with Gasteiger partial charge in [-0.05, 0) is 37.3 Å². The lowest BCUT2D eigenvalue weighted by Gasteiger charge is -2.01. The Hall–Kier alpha value is -1.98. The van der Waals surface area contributed by atoms with Crippen LogP contribution in [-0.4, -0.2) is 15.2 Å². The van der Waals surface area contributed by atoms with Crippen LogP contribution in [0.4, 0.5) is 5.95 Å². The molecular formula is C14H12Cl2N4O. The minimum absolute atomic E-state index is 0.492. The molecule has 0 aliphatic rings. The fraction of sp³-hybridized carbons (Fsp3) is 0.143. The van der Waals surface area contributed by atoms with Gasteiger partial charge in [0.15, 0.2) is 0 Å². The van der Waals surface area contributed by atoms with Gasteiger partial charge >= 0.3 is 0 Å². The number of hydrogen-bond acceptors (Lipinski definition) is 4. The van der Waals surface area contributed by atoms with Crippen molar-refractivity contribution in [3.05, 3.63) is 52.0 Å². The van der Waals surface area contributed by atoms with Gasteiger partial charge in [-0.15, -0.1) is 5.10 Å². The van der Waals surface area contributed by atoms with Crippen molar-refractivity contribution in [1.82, 2.24) is 15.2 Å². The maximum atomic E-state index is 5.99. The highest BCUT2D eigenvalue weighted by Gasteiger charge is 2.08. The summed E-state index contributed by atoms with van der Waals surface area (Å²) in [5.74, 6) is 2.77. The molecular weight excluding hydrogens is 311 g/mol. The molecule has 0 amide bonds. The Morgan fingerprint density at radius 1 is 1.19 bits per heavy atom. The third kappa shape index (κ3) is 3.37. The summed E-state index contributed by atoms with van der Waals surface area (Å²) in [6.45, 7) is 2.33. The monoisotopic (exact) mass is 322 g/mol. The van der Waals surface area contributed by atoms with Gasteiger partial charge in [0, 0.05) is 15.6 Å². The van der Waals surface area contributed by atoms with Gasteiger partial charge < -0.3 is 9.73 Å². The van der Waals surface area contributed by atoms with E-state index in [4.69, 9.17) is 27.6 Å². The van der Waals surface area contributed by atoms with E-state index < -0.39 is 0 Å². The molecule has 0 bridgehead atoms. The second-order valence-corrected chi connectivity index (χ2v) is 5.39. The van der Waals surface area contributed by atoms with E-state index in [0.717, 1.165) is 17.1 Å². The van der Waals surface area contributed by atoms with Crippen molar-refractivity contribution >= 4 is 29.2 Å². The topological polar surface area (TPSA) is 66.7 Å². The highest BCUT2D eigenvalue weighted by Crippen LogP contribution is 2.28. The van der Waals surface area contributed by atoms with Crippen molar-refractivity contribution in [3.63, 3.8) is 0 Å². The molecule has 0 atom stereocenters. The fourth-order valence-corrected chi connectivity index (χ4v) is 2.44. The number of halogens is 2. The molecule has 0 fully saturated rings. The number of aromatic amines is 1. The first-order valence-corrected chi connectivity index (χ1v) is 7.04. The normalized spacial score (nSPS) is 10.8. The van der Waals surface area contributed by atoms with Crippen molar-refractivity contribution in [3.8, 4) is 11.3 Å². The third-order valence-electron chi connectivity index (χ3n) is 2.83. The van der Waals surface area contributed by atoms with Crippen LogP contribution in [0.5, 0.6) is 0 Å². The average Bonchev–Trinajstić information content (AvgIpc) is 3.04. The number of anilines is 1. The Balaban J connectivity index is 1.73. The summed E-state index contributed by atoms with van der Waals surface area (Å²) in [5.41, 5.74) is 0.840. The molecule has 0 spiro atoms. The van der Waals surface area contributed by atoms with Crippen molar-refractivity contribution < 1.29 is 4.42 Å². The van der Waals surface area contributed by atoms with Gasteiger partial charge in [0.1, 0.15) is 17.3 Å². The van der Waals surface area contributed by atoms with Gasteiger partial charge in [-0.1, -0.05) is 23.2 Å². The summed E-state index contributed by atoms with van der Waals surface area (Å²) in [5, 5.41) is 11.0. The molecule has 0 saturated carbocycles. The quantitative estimate of drug-likeness (QED) is 0.751. The van der Waals surface area contributed by atoms with Crippen LogP contribution in [0.3, 0.4) is 0 Å². The maximum absolute atomic E-state index is 5.99. The molecule has 108 valence electrons. The Labute approximate surface area is 131 Å². The lowest BCUT2D eigenvalue weighted by Crippen LogP contribution is -1.99.